The third-order valence-corrected chi connectivity index (χ3v) is 6.33. The number of amides is 1. The van der Waals surface area contributed by atoms with Crippen LogP contribution in [0.25, 0.3) is 0 Å². The number of hydrogen-bond donors (Lipinski definition) is 0. The fraction of sp³-hybridized carbons (Fsp3) is 0.333. The van der Waals surface area contributed by atoms with Crippen LogP contribution >= 0.6 is 27.3 Å². The van der Waals surface area contributed by atoms with E-state index in [1.807, 2.05) is 6.07 Å². The minimum Gasteiger partial charge on any atom is -0.493 e. The second-order valence-electron chi connectivity index (χ2n) is 6.16. The van der Waals surface area contributed by atoms with Crippen molar-refractivity contribution in [1.29, 1.82) is 0 Å². The predicted octanol–water partition coefficient (Wildman–Crippen LogP) is 3.18. The maximum atomic E-state index is 13.3. The second kappa shape index (κ2) is 8.37. The first-order valence-corrected chi connectivity index (χ1v) is 9.97. The van der Waals surface area contributed by atoms with Gasteiger partial charge in [0.05, 0.1) is 36.1 Å². The van der Waals surface area contributed by atoms with Crippen molar-refractivity contribution in [2.45, 2.75) is 19.0 Å². The van der Waals surface area contributed by atoms with E-state index in [0.29, 0.717) is 0 Å². The highest BCUT2D eigenvalue weighted by atomic mass is 79.9. The topological polar surface area (TPSA) is 108 Å². The Bertz CT molecular complexity index is 991. The monoisotopic (exact) mass is 484 g/mol. The van der Waals surface area contributed by atoms with Crippen molar-refractivity contribution in [1.82, 2.24) is 4.90 Å². The lowest BCUT2D eigenvalue weighted by Crippen LogP contribution is -2.48. The van der Waals surface area contributed by atoms with Gasteiger partial charge in [0.2, 0.25) is 0 Å². The van der Waals surface area contributed by atoms with Crippen molar-refractivity contribution in [3.8, 4) is 11.5 Å². The number of methoxy groups -OCH3 is 3. The van der Waals surface area contributed by atoms with E-state index in [1.165, 1.54) is 43.6 Å². The van der Waals surface area contributed by atoms with Crippen LogP contribution in [0.1, 0.15) is 20.8 Å². The van der Waals surface area contributed by atoms with E-state index < -0.39 is 28.5 Å². The molecule has 29 heavy (non-hydrogen) atoms. The summed E-state index contributed by atoms with van der Waals surface area (Å²) < 4.78 is 16.0. The number of nitro benzene ring substituents is 1. The van der Waals surface area contributed by atoms with Crippen LogP contribution in [0, 0.1) is 10.1 Å². The molecule has 3 rings (SSSR count). The molecule has 2 heterocycles. The lowest BCUT2D eigenvalue weighted by molar-refractivity contribution is -0.385. The Morgan fingerprint density at radius 1 is 1.21 bits per heavy atom. The molecule has 0 radical (unpaired) electrons. The normalized spacial score (nSPS) is 15.4. The summed E-state index contributed by atoms with van der Waals surface area (Å²) in [6, 6.07) is 3.37. The number of rotatable bonds is 5. The summed E-state index contributed by atoms with van der Waals surface area (Å²) in [5.41, 5.74) is 0.242. The zero-order chi connectivity index (χ0) is 21.3. The molecule has 11 heteroatoms. The van der Waals surface area contributed by atoms with E-state index in [9.17, 15) is 19.7 Å². The number of carbonyl (C=O) groups excluding carboxylic acids is 2. The largest absolute Gasteiger partial charge is 0.493 e. The zero-order valence-corrected chi connectivity index (χ0v) is 18.2. The average Bonchev–Trinajstić information content (AvgIpc) is 3.09. The van der Waals surface area contributed by atoms with Crippen LogP contribution in [-0.4, -0.2) is 49.1 Å². The molecule has 0 unspecified atom stereocenters. The van der Waals surface area contributed by atoms with Gasteiger partial charge >= 0.3 is 5.97 Å². The zero-order valence-electron chi connectivity index (χ0n) is 15.8. The van der Waals surface area contributed by atoms with Crippen molar-refractivity contribution < 1.29 is 28.7 Å². The first-order chi connectivity index (χ1) is 13.8. The number of hydrogen-bond acceptors (Lipinski definition) is 8. The molecule has 1 amide bonds. The third-order valence-electron chi connectivity index (χ3n) is 4.63. The van der Waals surface area contributed by atoms with Gasteiger partial charge in [-0.05, 0) is 27.6 Å². The first-order valence-electron chi connectivity index (χ1n) is 8.37. The SMILES string of the molecule is COC(=O)[C@@H]1Cc2sc(Br)cc2CN1C(=O)c1cc(OC)c(OC)cc1[N+](=O)[O-]. The van der Waals surface area contributed by atoms with Crippen molar-refractivity contribution >= 4 is 44.8 Å². The Labute approximate surface area is 178 Å². The van der Waals surface area contributed by atoms with Crippen LogP contribution in [0.15, 0.2) is 22.0 Å². The quantitative estimate of drug-likeness (QED) is 0.364. The Kier molecular flexibility index (Phi) is 6.08. The van der Waals surface area contributed by atoms with Crippen molar-refractivity contribution in [3.63, 3.8) is 0 Å². The highest BCUT2D eigenvalue weighted by molar-refractivity contribution is 9.11. The average molecular weight is 485 g/mol. The molecule has 1 aliphatic rings. The highest BCUT2D eigenvalue weighted by Gasteiger charge is 2.39. The van der Waals surface area contributed by atoms with Crippen LogP contribution in [0.2, 0.25) is 0 Å². The molecular weight excluding hydrogens is 468 g/mol. The smallest absolute Gasteiger partial charge is 0.328 e. The molecule has 0 N–H and O–H groups in total. The van der Waals surface area contributed by atoms with E-state index in [-0.39, 0.29) is 30.0 Å². The fourth-order valence-electron chi connectivity index (χ4n) is 3.22. The van der Waals surface area contributed by atoms with Crippen molar-refractivity contribution in [2.75, 3.05) is 21.3 Å². The number of halogens is 1. The molecule has 1 atom stereocenters. The Morgan fingerprint density at radius 2 is 1.86 bits per heavy atom. The second-order valence-corrected chi connectivity index (χ2v) is 8.67. The van der Waals surface area contributed by atoms with E-state index in [1.54, 1.807) is 0 Å². The summed E-state index contributed by atoms with van der Waals surface area (Å²) in [6.45, 7) is 0.127. The Hall–Kier alpha value is -2.66. The number of esters is 1. The van der Waals surface area contributed by atoms with Gasteiger partial charge in [0.25, 0.3) is 11.6 Å². The molecule has 1 aromatic heterocycles. The van der Waals surface area contributed by atoms with Crippen LogP contribution < -0.4 is 9.47 Å². The fourth-order valence-corrected chi connectivity index (χ4v) is 5.02. The van der Waals surface area contributed by atoms with Crippen molar-refractivity contribution in [3.05, 3.63) is 48.1 Å². The molecule has 1 aliphatic heterocycles. The summed E-state index contributed by atoms with van der Waals surface area (Å²) in [7, 11) is 3.95. The molecule has 2 aromatic rings. The number of nitro groups is 1. The summed E-state index contributed by atoms with van der Waals surface area (Å²) in [5.74, 6) is -0.951. The lowest BCUT2D eigenvalue weighted by Gasteiger charge is -2.33. The van der Waals surface area contributed by atoms with Crippen LogP contribution in [0.3, 0.4) is 0 Å². The van der Waals surface area contributed by atoms with Gasteiger partial charge in [0.1, 0.15) is 11.6 Å². The van der Waals surface area contributed by atoms with E-state index in [4.69, 9.17) is 14.2 Å². The molecule has 0 aliphatic carbocycles. The Morgan fingerprint density at radius 3 is 2.45 bits per heavy atom. The number of carbonyl (C=O) groups is 2. The maximum absolute atomic E-state index is 13.3. The van der Waals surface area contributed by atoms with Crippen LogP contribution in [-0.2, 0) is 22.5 Å². The highest BCUT2D eigenvalue weighted by Crippen LogP contribution is 2.38. The van der Waals surface area contributed by atoms with E-state index in [0.717, 1.165) is 20.3 Å². The van der Waals surface area contributed by atoms with Crippen LogP contribution in [0.5, 0.6) is 11.5 Å². The van der Waals surface area contributed by atoms with Gasteiger partial charge in [0, 0.05) is 23.9 Å². The van der Waals surface area contributed by atoms with Gasteiger partial charge < -0.3 is 19.1 Å². The molecular formula is C18H17BrN2O7S. The molecule has 0 saturated heterocycles. The van der Waals surface area contributed by atoms with Crippen LogP contribution in [0.4, 0.5) is 5.69 Å². The van der Waals surface area contributed by atoms with Gasteiger partial charge in [-0.15, -0.1) is 11.3 Å². The van der Waals surface area contributed by atoms with Gasteiger partial charge in [-0.2, -0.15) is 0 Å². The molecule has 0 bridgehead atoms. The third kappa shape index (κ3) is 3.92. The van der Waals surface area contributed by atoms with Gasteiger partial charge in [0.15, 0.2) is 11.5 Å². The molecule has 1 aromatic carbocycles. The first kappa shape index (κ1) is 21.1. The van der Waals surface area contributed by atoms with Crippen molar-refractivity contribution in [2.24, 2.45) is 0 Å². The summed E-state index contributed by atoms with van der Waals surface area (Å²) >= 11 is 4.89. The minimum atomic E-state index is -0.891. The number of ether oxygens (including phenoxy) is 3. The standard InChI is InChI=1S/C18H17BrN2O7S/c1-26-13-5-10(11(21(24)25)6-14(13)27-2)17(22)20-8-9-4-16(19)29-15(9)7-12(20)18(23)28-3/h4-6,12H,7-8H2,1-3H3/t12-/m0/s1. The molecule has 9 nitrogen and oxygen atoms in total. The molecule has 0 saturated carbocycles. The summed E-state index contributed by atoms with van der Waals surface area (Å²) in [4.78, 5) is 38.9. The summed E-state index contributed by atoms with van der Waals surface area (Å²) in [5, 5.41) is 11.6. The van der Waals surface area contributed by atoms with E-state index >= 15 is 0 Å². The summed E-state index contributed by atoms with van der Waals surface area (Å²) in [6.07, 6.45) is 0.269. The number of benzene rings is 1. The van der Waals surface area contributed by atoms with Gasteiger partial charge in [-0.25, -0.2) is 4.79 Å². The van der Waals surface area contributed by atoms with Gasteiger partial charge in [-0.3, -0.25) is 14.9 Å². The predicted molar refractivity (Wildman–Crippen MR) is 108 cm³/mol. The Balaban J connectivity index is 2.09. The molecule has 0 fully saturated rings. The van der Waals surface area contributed by atoms with Gasteiger partial charge in [-0.1, -0.05) is 0 Å². The lowest BCUT2D eigenvalue weighted by atomic mass is 9.99. The number of thiophene rings is 1. The molecule has 0 spiro atoms. The number of fused-ring (bicyclic) bond motifs is 1. The molecule has 154 valence electrons. The maximum Gasteiger partial charge on any atom is 0.328 e. The number of nitrogens with zero attached hydrogens (tertiary/aromatic N) is 2. The minimum absolute atomic E-state index is 0.127. The van der Waals surface area contributed by atoms with E-state index in [2.05, 4.69) is 15.9 Å².